The molecule has 0 amide bonds. The number of nitrogens with two attached hydrogens (primary N) is 1. The van der Waals surface area contributed by atoms with Crippen molar-refractivity contribution in [1.82, 2.24) is 15.0 Å². The number of para-hydroxylation sites is 1. The van der Waals surface area contributed by atoms with Gasteiger partial charge in [-0.2, -0.15) is 0 Å². The summed E-state index contributed by atoms with van der Waals surface area (Å²) in [6.07, 6.45) is 2.45. The summed E-state index contributed by atoms with van der Waals surface area (Å²) in [7, 11) is -1.22. The van der Waals surface area contributed by atoms with E-state index in [1.165, 1.54) is 6.07 Å². The van der Waals surface area contributed by atoms with Crippen LogP contribution in [0.2, 0.25) is 5.82 Å². The minimum atomic E-state index is -1.22. The molecule has 1 aromatic carbocycles. The monoisotopic (exact) mass is 358 g/mol. The SMILES string of the molecule is NCc1cn(CCC(=O)C[C@H]2Cc3cccc(C(=O)O)c3OB2O)nn1. The molecule has 0 fully saturated rings. The lowest BCUT2D eigenvalue weighted by Gasteiger charge is -2.28. The molecule has 0 spiro atoms. The van der Waals surface area contributed by atoms with E-state index in [1.54, 1.807) is 23.0 Å². The first-order chi connectivity index (χ1) is 12.5. The Kier molecular flexibility index (Phi) is 5.33. The Bertz CT molecular complexity index is 825. The minimum absolute atomic E-state index is 0.00761. The van der Waals surface area contributed by atoms with E-state index in [-0.39, 0.29) is 36.5 Å². The molecule has 1 aromatic heterocycles. The zero-order chi connectivity index (χ0) is 18.7. The molecule has 9 nitrogen and oxygen atoms in total. The van der Waals surface area contributed by atoms with Crippen molar-refractivity contribution < 1.29 is 24.4 Å². The molecule has 0 unspecified atom stereocenters. The highest BCUT2D eigenvalue weighted by molar-refractivity contribution is 6.47. The Morgan fingerprint density at radius 3 is 2.92 bits per heavy atom. The zero-order valence-corrected chi connectivity index (χ0v) is 14.0. The van der Waals surface area contributed by atoms with Crippen LogP contribution in [0.3, 0.4) is 0 Å². The molecular weight excluding hydrogens is 339 g/mol. The Morgan fingerprint density at radius 1 is 1.42 bits per heavy atom. The summed E-state index contributed by atoms with van der Waals surface area (Å²) >= 11 is 0. The number of carboxylic acid groups (broad SMARTS) is 1. The van der Waals surface area contributed by atoms with Gasteiger partial charge in [-0.05, 0) is 18.1 Å². The molecule has 10 heteroatoms. The van der Waals surface area contributed by atoms with Gasteiger partial charge in [-0.25, -0.2) is 4.79 Å². The van der Waals surface area contributed by atoms with E-state index >= 15 is 0 Å². The topological polar surface area (TPSA) is 141 Å². The fraction of sp³-hybridized carbons (Fsp3) is 0.375. The molecule has 0 radical (unpaired) electrons. The van der Waals surface area contributed by atoms with E-state index in [0.717, 1.165) is 0 Å². The fourth-order valence-electron chi connectivity index (χ4n) is 3.00. The van der Waals surface area contributed by atoms with E-state index < -0.39 is 18.9 Å². The molecule has 3 rings (SSSR count). The Morgan fingerprint density at radius 2 is 2.23 bits per heavy atom. The van der Waals surface area contributed by atoms with Gasteiger partial charge in [-0.15, -0.1) is 5.10 Å². The van der Waals surface area contributed by atoms with Gasteiger partial charge < -0.3 is 20.5 Å². The number of carboxylic acids is 1. The van der Waals surface area contributed by atoms with Crippen molar-refractivity contribution >= 4 is 18.9 Å². The van der Waals surface area contributed by atoms with Crippen LogP contribution in [-0.4, -0.2) is 44.0 Å². The van der Waals surface area contributed by atoms with Crippen molar-refractivity contribution in [2.45, 2.75) is 38.2 Å². The first-order valence-corrected chi connectivity index (χ1v) is 8.28. The number of hydrogen-bond acceptors (Lipinski definition) is 7. The smallest absolute Gasteiger partial charge is 0.526 e. The molecule has 0 saturated heterocycles. The molecule has 136 valence electrons. The van der Waals surface area contributed by atoms with Gasteiger partial charge in [0, 0.05) is 37.9 Å². The number of fused-ring (bicyclic) bond motifs is 1. The molecule has 2 aromatic rings. The summed E-state index contributed by atoms with van der Waals surface area (Å²) < 4.78 is 6.96. The van der Waals surface area contributed by atoms with Gasteiger partial charge in [0.05, 0.1) is 11.3 Å². The maximum atomic E-state index is 12.2. The summed E-state index contributed by atoms with van der Waals surface area (Å²) in [6.45, 7) is 0.673. The van der Waals surface area contributed by atoms with Crippen molar-refractivity contribution in [3.8, 4) is 5.75 Å². The molecule has 1 aliphatic heterocycles. The number of ketones is 1. The van der Waals surface area contributed by atoms with Gasteiger partial charge in [-0.1, -0.05) is 17.3 Å². The first kappa shape index (κ1) is 18.1. The lowest BCUT2D eigenvalue weighted by atomic mass is 9.64. The summed E-state index contributed by atoms with van der Waals surface area (Å²) in [5.74, 6) is -1.41. The molecule has 0 saturated carbocycles. The average Bonchev–Trinajstić information content (AvgIpc) is 3.08. The lowest BCUT2D eigenvalue weighted by molar-refractivity contribution is -0.119. The molecule has 0 bridgehead atoms. The molecule has 4 N–H and O–H groups in total. The van der Waals surface area contributed by atoms with Gasteiger partial charge in [0.1, 0.15) is 11.5 Å². The van der Waals surface area contributed by atoms with Crippen molar-refractivity contribution in [2.24, 2.45) is 5.73 Å². The summed E-state index contributed by atoms with van der Waals surface area (Å²) in [4.78, 5) is 23.5. The van der Waals surface area contributed by atoms with Crippen molar-refractivity contribution in [2.75, 3.05) is 0 Å². The normalized spacial score (nSPS) is 16.1. The number of aryl methyl sites for hydroxylation is 1. The molecule has 0 aliphatic carbocycles. The van der Waals surface area contributed by atoms with Crippen LogP contribution >= 0.6 is 0 Å². The highest BCUT2D eigenvalue weighted by Gasteiger charge is 2.37. The van der Waals surface area contributed by atoms with Crippen LogP contribution in [0.1, 0.15) is 34.5 Å². The molecule has 2 heterocycles. The van der Waals surface area contributed by atoms with Crippen LogP contribution < -0.4 is 10.4 Å². The van der Waals surface area contributed by atoms with Crippen LogP contribution in [-0.2, 0) is 24.3 Å². The maximum Gasteiger partial charge on any atom is 0.526 e. The van der Waals surface area contributed by atoms with Gasteiger partial charge in [-0.3, -0.25) is 9.48 Å². The summed E-state index contributed by atoms with van der Waals surface area (Å²) in [5, 5.41) is 27.1. The van der Waals surface area contributed by atoms with Crippen molar-refractivity contribution in [3.63, 3.8) is 0 Å². The second-order valence-corrected chi connectivity index (χ2v) is 6.24. The first-order valence-electron chi connectivity index (χ1n) is 8.28. The highest BCUT2D eigenvalue weighted by Crippen LogP contribution is 2.36. The van der Waals surface area contributed by atoms with Gasteiger partial charge in [0.15, 0.2) is 0 Å². The third-order valence-electron chi connectivity index (χ3n) is 4.36. The second kappa shape index (κ2) is 7.67. The minimum Gasteiger partial charge on any atom is -0.535 e. The van der Waals surface area contributed by atoms with E-state index in [0.29, 0.717) is 24.2 Å². The molecule has 26 heavy (non-hydrogen) atoms. The number of nitrogens with zero attached hydrogens (tertiary/aromatic N) is 3. The predicted octanol–water partition coefficient (Wildman–Crippen LogP) is 0.270. The second-order valence-electron chi connectivity index (χ2n) is 6.24. The quantitative estimate of drug-likeness (QED) is 0.599. The lowest BCUT2D eigenvalue weighted by Crippen LogP contribution is -2.35. The van der Waals surface area contributed by atoms with Crippen LogP contribution in [0.5, 0.6) is 5.75 Å². The molecular formula is C16H19BN4O5. The number of aromatic nitrogens is 3. The van der Waals surface area contributed by atoms with E-state index in [4.69, 9.17) is 10.4 Å². The zero-order valence-electron chi connectivity index (χ0n) is 14.0. The van der Waals surface area contributed by atoms with Crippen LogP contribution in [0.15, 0.2) is 24.4 Å². The van der Waals surface area contributed by atoms with Gasteiger partial charge >= 0.3 is 13.1 Å². The molecule has 1 atom stereocenters. The molecule has 1 aliphatic rings. The number of carbonyl (C=O) groups excluding carboxylic acids is 1. The van der Waals surface area contributed by atoms with Crippen LogP contribution in [0.25, 0.3) is 0 Å². The maximum absolute atomic E-state index is 12.2. The number of benzene rings is 1. The summed E-state index contributed by atoms with van der Waals surface area (Å²) in [6, 6.07) is 4.80. The largest absolute Gasteiger partial charge is 0.535 e. The predicted molar refractivity (Wildman–Crippen MR) is 91.6 cm³/mol. The van der Waals surface area contributed by atoms with Crippen LogP contribution in [0.4, 0.5) is 0 Å². The van der Waals surface area contributed by atoms with E-state index in [1.807, 2.05) is 0 Å². The number of hydrogen-bond donors (Lipinski definition) is 3. The van der Waals surface area contributed by atoms with Crippen LogP contribution in [0, 0.1) is 0 Å². The number of Topliss-reactive ketones (excluding diaryl/α,β-unsaturated/α-hetero) is 1. The summed E-state index contributed by atoms with van der Waals surface area (Å²) in [5.41, 5.74) is 6.80. The fourth-order valence-corrected chi connectivity index (χ4v) is 3.00. The number of carbonyl (C=O) groups is 2. The van der Waals surface area contributed by atoms with Gasteiger partial charge in [0.2, 0.25) is 0 Å². The van der Waals surface area contributed by atoms with E-state index in [9.17, 15) is 19.7 Å². The number of aromatic carboxylic acids is 1. The standard InChI is InChI=1S/C16H19BN4O5/c18-8-12-9-21(20-19-12)5-4-13(22)7-11-6-10-2-1-3-14(16(23)24)15(10)26-17(11)25/h1-3,9,11,25H,4-8,18H2,(H,23,24)/t11-/m1/s1. The highest BCUT2D eigenvalue weighted by atomic mass is 16.5. The van der Waals surface area contributed by atoms with Crippen molar-refractivity contribution in [3.05, 3.63) is 41.2 Å². The Hall–Kier alpha value is -2.72. The number of rotatable bonds is 7. The average molecular weight is 358 g/mol. The third-order valence-corrected chi connectivity index (χ3v) is 4.36. The van der Waals surface area contributed by atoms with Crippen molar-refractivity contribution in [1.29, 1.82) is 0 Å². The van der Waals surface area contributed by atoms with E-state index in [2.05, 4.69) is 10.3 Å². The third kappa shape index (κ3) is 3.92. The van der Waals surface area contributed by atoms with Gasteiger partial charge in [0.25, 0.3) is 0 Å². The Labute approximate surface area is 149 Å². The Balaban J connectivity index is 1.60.